The third kappa shape index (κ3) is 28.6. The molecule has 0 aromatic carbocycles. The van der Waals surface area contributed by atoms with Crippen molar-refractivity contribution in [3.05, 3.63) is 36.5 Å². The van der Waals surface area contributed by atoms with Crippen molar-refractivity contribution in [2.24, 2.45) is 0 Å². The molecule has 0 aliphatic rings. The fourth-order valence-electron chi connectivity index (χ4n) is 4.43. The summed E-state index contributed by atoms with van der Waals surface area (Å²) < 4.78 is 5.80. The lowest BCUT2D eigenvalue weighted by Crippen LogP contribution is -2.18. The van der Waals surface area contributed by atoms with E-state index in [1.807, 2.05) is 0 Å². The van der Waals surface area contributed by atoms with E-state index < -0.39 is 5.97 Å². The Kier molecular flexibility index (Phi) is 27.3. The van der Waals surface area contributed by atoms with Gasteiger partial charge in [-0.05, 0) is 64.2 Å². The standard InChI is InChI=1S/C33H58O4/c1-3-5-6-7-8-9-10-11-12-13-14-15-20-23-26-30-33(36)37-31(27-4-2)28-24-21-18-16-17-19-22-25-29-32(34)35/h5-6,8-9,11-12,31H,3-4,7,10,13-30H2,1-2H3,(H,34,35)/b6-5-,9-8-,12-11-. The van der Waals surface area contributed by atoms with Gasteiger partial charge in [0.25, 0.3) is 0 Å². The Labute approximate surface area is 229 Å². The van der Waals surface area contributed by atoms with Crippen LogP contribution < -0.4 is 0 Å². The minimum absolute atomic E-state index is 0.0130. The molecule has 0 radical (unpaired) electrons. The van der Waals surface area contributed by atoms with Gasteiger partial charge in [0.2, 0.25) is 0 Å². The molecule has 0 rings (SSSR count). The Balaban J connectivity index is 3.65. The molecule has 0 aliphatic heterocycles. The van der Waals surface area contributed by atoms with Crippen molar-refractivity contribution in [1.82, 2.24) is 0 Å². The molecule has 1 atom stereocenters. The quantitative estimate of drug-likeness (QED) is 0.0667. The minimum Gasteiger partial charge on any atom is -0.481 e. The number of hydrogen-bond acceptors (Lipinski definition) is 3. The van der Waals surface area contributed by atoms with E-state index in [-0.39, 0.29) is 12.1 Å². The number of rotatable bonds is 27. The Hall–Kier alpha value is -1.84. The van der Waals surface area contributed by atoms with Gasteiger partial charge >= 0.3 is 11.9 Å². The fourth-order valence-corrected chi connectivity index (χ4v) is 4.43. The molecule has 214 valence electrons. The zero-order chi connectivity index (χ0) is 27.2. The van der Waals surface area contributed by atoms with Gasteiger partial charge in [-0.3, -0.25) is 9.59 Å². The number of ether oxygens (including phenoxy) is 1. The summed E-state index contributed by atoms with van der Waals surface area (Å²) in [6.07, 6.45) is 36.3. The summed E-state index contributed by atoms with van der Waals surface area (Å²) in [5.74, 6) is -0.701. The van der Waals surface area contributed by atoms with Crippen LogP contribution in [0.1, 0.15) is 155 Å². The summed E-state index contributed by atoms with van der Waals surface area (Å²) in [7, 11) is 0. The molecule has 0 spiro atoms. The number of carboxylic acid groups (broad SMARTS) is 1. The van der Waals surface area contributed by atoms with E-state index in [1.165, 1.54) is 44.9 Å². The molecule has 0 amide bonds. The SMILES string of the molecule is CC/C=C\C/C=C\C/C=C\CCCCCCCC(=O)OC(CCC)CCCCCCCCCCC(=O)O. The van der Waals surface area contributed by atoms with Crippen molar-refractivity contribution >= 4 is 11.9 Å². The monoisotopic (exact) mass is 518 g/mol. The Bertz CT molecular complexity index is 605. The van der Waals surface area contributed by atoms with E-state index in [0.29, 0.717) is 12.8 Å². The van der Waals surface area contributed by atoms with Crippen molar-refractivity contribution in [3.63, 3.8) is 0 Å². The van der Waals surface area contributed by atoms with E-state index in [2.05, 4.69) is 50.3 Å². The molecule has 0 bridgehead atoms. The van der Waals surface area contributed by atoms with Gasteiger partial charge in [0.1, 0.15) is 6.10 Å². The molecule has 1 N–H and O–H groups in total. The van der Waals surface area contributed by atoms with Crippen LogP contribution in [0.2, 0.25) is 0 Å². The highest BCUT2D eigenvalue weighted by Gasteiger charge is 2.13. The number of aliphatic carboxylic acids is 1. The largest absolute Gasteiger partial charge is 0.481 e. The zero-order valence-corrected chi connectivity index (χ0v) is 24.3. The second-order valence-corrected chi connectivity index (χ2v) is 10.3. The summed E-state index contributed by atoms with van der Waals surface area (Å²) >= 11 is 0. The lowest BCUT2D eigenvalue weighted by Gasteiger charge is -2.17. The predicted molar refractivity (Wildman–Crippen MR) is 158 cm³/mol. The summed E-state index contributed by atoms with van der Waals surface area (Å²) in [5.41, 5.74) is 0. The van der Waals surface area contributed by atoms with Gasteiger partial charge in [0.15, 0.2) is 0 Å². The van der Waals surface area contributed by atoms with Crippen LogP contribution in [0, 0.1) is 0 Å². The first-order chi connectivity index (χ1) is 18.1. The number of carboxylic acids is 1. The van der Waals surface area contributed by atoms with Crippen LogP contribution >= 0.6 is 0 Å². The van der Waals surface area contributed by atoms with Gasteiger partial charge in [-0.1, -0.05) is 115 Å². The Morgan fingerprint density at radius 2 is 1.14 bits per heavy atom. The van der Waals surface area contributed by atoms with Crippen molar-refractivity contribution in [2.45, 2.75) is 161 Å². The number of esters is 1. The number of carbonyl (C=O) groups is 2. The molecule has 0 aromatic heterocycles. The smallest absolute Gasteiger partial charge is 0.306 e. The maximum absolute atomic E-state index is 12.3. The van der Waals surface area contributed by atoms with Gasteiger partial charge in [0, 0.05) is 12.8 Å². The maximum Gasteiger partial charge on any atom is 0.306 e. The van der Waals surface area contributed by atoms with Crippen LogP contribution in [0.5, 0.6) is 0 Å². The summed E-state index contributed by atoms with van der Waals surface area (Å²) in [6, 6.07) is 0. The van der Waals surface area contributed by atoms with Crippen LogP contribution in [-0.2, 0) is 14.3 Å². The highest BCUT2D eigenvalue weighted by Crippen LogP contribution is 2.16. The first-order valence-electron chi connectivity index (χ1n) is 15.5. The number of carbonyl (C=O) groups excluding carboxylic acids is 1. The second-order valence-electron chi connectivity index (χ2n) is 10.3. The topological polar surface area (TPSA) is 63.6 Å². The molecule has 37 heavy (non-hydrogen) atoms. The van der Waals surface area contributed by atoms with E-state index in [1.54, 1.807) is 0 Å². The van der Waals surface area contributed by atoms with Crippen molar-refractivity contribution < 1.29 is 19.4 Å². The van der Waals surface area contributed by atoms with E-state index in [9.17, 15) is 9.59 Å². The molecule has 1 unspecified atom stereocenters. The van der Waals surface area contributed by atoms with Gasteiger partial charge in [0.05, 0.1) is 0 Å². The van der Waals surface area contributed by atoms with Crippen LogP contribution in [0.4, 0.5) is 0 Å². The number of unbranched alkanes of at least 4 members (excludes halogenated alkanes) is 12. The van der Waals surface area contributed by atoms with Crippen LogP contribution in [0.3, 0.4) is 0 Å². The molecular formula is C33H58O4. The van der Waals surface area contributed by atoms with Crippen molar-refractivity contribution in [2.75, 3.05) is 0 Å². The summed E-state index contributed by atoms with van der Waals surface area (Å²) in [4.78, 5) is 22.8. The van der Waals surface area contributed by atoms with Crippen molar-refractivity contribution in [3.8, 4) is 0 Å². The van der Waals surface area contributed by atoms with Crippen molar-refractivity contribution in [1.29, 1.82) is 0 Å². The maximum atomic E-state index is 12.3. The molecule has 0 saturated carbocycles. The molecule has 0 aromatic rings. The molecule has 0 aliphatic carbocycles. The predicted octanol–water partition coefficient (Wildman–Crippen LogP) is 10.3. The Morgan fingerprint density at radius 1 is 0.622 bits per heavy atom. The fraction of sp³-hybridized carbons (Fsp3) is 0.758. The lowest BCUT2D eigenvalue weighted by molar-refractivity contribution is -0.150. The van der Waals surface area contributed by atoms with Gasteiger partial charge < -0.3 is 9.84 Å². The van der Waals surface area contributed by atoms with E-state index in [4.69, 9.17) is 9.84 Å². The summed E-state index contributed by atoms with van der Waals surface area (Å²) in [6.45, 7) is 4.31. The highest BCUT2D eigenvalue weighted by atomic mass is 16.5. The van der Waals surface area contributed by atoms with E-state index in [0.717, 1.165) is 83.5 Å². The first kappa shape index (κ1) is 35.2. The van der Waals surface area contributed by atoms with Crippen LogP contribution in [-0.4, -0.2) is 23.1 Å². The van der Waals surface area contributed by atoms with E-state index >= 15 is 0 Å². The van der Waals surface area contributed by atoms with Crippen LogP contribution in [0.15, 0.2) is 36.5 Å². The normalized spacial score (nSPS) is 12.7. The van der Waals surface area contributed by atoms with Gasteiger partial charge in [-0.15, -0.1) is 0 Å². The molecule has 0 fully saturated rings. The number of allylic oxidation sites excluding steroid dienone is 6. The molecule has 4 nitrogen and oxygen atoms in total. The molecule has 0 saturated heterocycles. The minimum atomic E-state index is -0.688. The molecule has 4 heteroatoms. The third-order valence-corrected chi connectivity index (χ3v) is 6.61. The van der Waals surface area contributed by atoms with Crippen LogP contribution in [0.25, 0.3) is 0 Å². The molecule has 0 heterocycles. The zero-order valence-electron chi connectivity index (χ0n) is 24.3. The van der Waals surface area contributed by atoms with Gasteiger partial charge in [-0.25, -0.2) is 0 Å². The molecular weight excluding hydrogens is 460 g/mol. The second kappa shape index (κ2) is 28.7. The lowest BCUT2D eigenvalue weighted by atomic mass is 10.0. The number of hydrogen-bond donors (Lipinski definition) is 1. The first-order valence-corrected chi connectivity index (χ1v) is 15.5. The highest BCUT2D eigenvalue weighted by molar-refractivity contribution is 5.69. The average molecular weight is 519 g/mol. The average Bonchev–Trinajstić information content (AvgIpc) is 2.87. The third-order valence-electron chi connectivity index (χ3n) is 6.61. The Morgan fingerprint density at radius 3 is 1.73 bits per heavy atom. The van der Waals surface area contributed by atoms with Gasteiger partial charge in [-0.2, -0.15) is 0 Å². The summed E-state index contributed by atoms with van der Waals surface area (Å²) in [5, 5.41) is 8.65.